The molecular weight excluding hydrogens is 363 g/mol. The van der Waals surface area contributed by atoms with Gasteiger partial charge in [-0.1, -0.05) is 38.1 Å². The van der Waals surface area contributed by atoms with Crippen molar-refractivity contribution in [2.75, 3.05) is 0 Å². The van der Waals surface area contributed by atoms with Gasteiger partial charge < -0.3 is 14.2 Å². The third kappa shape index (κ3) is 4.58. The van der Waals surface area contributed by atoms with Crippen LogP contribution in [0.25, 0.3) is 0 Å². The van der Waals surface area contributed by atoms with Crippen LogP contribution in [0.1, 0.15) is 56.9 Å². The average Bonchev–Trinajstić information content (AvgIpc) is 3.15. The number of hydrogen-bond acceptors (Lipinski definition) is 5. The van der Waals surface area contributed by atoms with Crippen molar-refractivity contribution in [2.24, 2.45) is 0 Å². The SMILES string of the molecule is CC(C)(C)c1noc(C2CCC(=O)N2Cc2ccc(OC(F)(F)F)cc2)n1. The molecule has 1 unspecified atom stereocenters. The topological polar surface area (TPSA) is 68.5 Å². The minimum Gasteiger partial charge on any atom is -0.406 e. The minimum absolute atomic E-state index is 0.0638. The second kappa shape index (κ2) is 6.86. The van der Waals surface area contributed by atoms with Crippen LogP contribution in [0.5, 0.6) is 5.75 Å². The summed E-state index contributed by atoms with van der Waals surface area (Å²) in [5, 5.41) is 4.00. The molecule has 1 aromatic heterocycles. The molecule has 146 valence electrons. The number of halogens is 3. The van der Waals surface area contributed by atoms with E-state index in [2.05, 4.69) is 14.9 Å². The van der Waals surface area contributed by atoms with Gasteiger partial charge in [-0.2, -0.15) is 4.98 Å². The van der Waals surface area contributed by atoms with Crippen molar-refractivity contribution < 1.29 is 27.2 Å². The smallest absolute Gasteiger partial charge is 0.406 e. The van der Waals surface area contributed by atoms with E-state index in [0.717, 1.165) is 0 Å². The van der Waals surface area contributed by atoms with Gasteiger partial charge in [0.15, 0.2) is 5.82 Å². The molecule has 3 rings (SSSR count). The van der Waals surface area contributed by atoms with Crippen molar-refractivity contribution in [1.29, 1.82) is 0 Å². The molecular formula is C18H20F3N3O3. The fraction of sp³-hybridized carbons (Fsp3) is 0.500. The Morgan fingerprint density at radius 1 is 1.22 bits per heavy atom. The van der Waals surface area contributed by atoms with Gasteiger partial charge in [-0.15, -0.1) is 13.2 Å². The molecule has 1 saturated heterocycles. The predicted molar refractivity (Wildman–Crippen MR) is 88.6 cm³/mol. The molecule has 9 heteroatoms. The normalized spacial score (nSPS) is 18.2. The largest absolute Gasteiger partial charge is 0.573 e. The summed E-state index contributed by atoms with van der Waals surface area (Å²) in [6.07, 6.45) is -3.83. The van der Waals surface area contributed by atoms with Crippen molar-refractivity contribution in [3.8, 4) is 5.75 Å². The van der Waals surface area contributed by atoms with E-state index in [9.17, 15) is 18.0 Å². The lowest BCUT2D eigenvalue weighted by Gasteiger charge is -2.22. The van der Waals surface area contributed by atoms with Gasteiger partial charge in [0.1, 0.15) is 11.8 Å². The van der Waals surface area contributed by atoms with Crippen LogP contribution in [0.15, 0.2) is 28.8 Å². The molecule has 6 nitrogen and oxygen atoms in total. The van der Waals surface area contributed by atoms with Gasteiger partial charge in [-0.3, -0.25) is 4.79 Å². The summed E-state index contributed by atoms with van der Waals surface area (Å²) in [5.41, 5.74) is 0.407. The van der Waals surface area contributed by atoms with Crippen molar-refractivity contribution in [3.05, 3.63) is 41.5 Å². The van der Waals surface area contributed by atoms with E-state index in [4.69, 9.17) is 4.52 Å². The molecule has 0 bridgehead atoms. The second-order valence-electron chi connectivity index (χ2n) is 7.47. The number of hydrogen-bond donors (Lipinski definition) is 0. The first-order chi connectivity index (χ1) is 12.5. The van der Waals surface area contributed by atoms with E-state index in [-0.39, 0.29) is 29.7 Å². The van der Waals surface area contributed by atoms with Crippen molar-refractivity contribution in [2.45, 2.75) is 58.0 Å². The van der Waals surface area contributed by atoms with Gasteiger partial charge in [-0.25, -0.2) is 0 Å². The van der Waals surface area contributed by atoms with Gasteiger partial charge in [0.05, 0.1) is 0 Å². The summed E-state index contributed by atoms with van der Waals surface area (Å²) < 4.78 is 46.0. The summed E-state index contributed by atoms with van der Waals surface area (Å²) >= 11 is 0. The van der Waals surface area contributed by atoms with Crippen LogP contribution in [0.3, 0.4) is 0 Å². The van der Waals surface area contributed by atoms with Crippen LogP contribution in [0.2, 0.25) is 0 Å². The number of amides is 1. The highest BCUT2D eigenvalue weighted by Gasteiger charge is 2.37. The molecule has 0 aliphatic carbocycles. The first-order valence-corrected chi connectivity index (χ1v) is 8.51. The molecule has 1 amide bonds. The van der Waals surface area contributed by atoms with Gasteiger partial charge in [0, 0.05) is 18.4 Å². The summed E-state index contributed by atoms with van der Waals surface area (Å²) in [5.74, 6) is 0.571. The summed E-state index contributed by atoms with van der Waals surface area (Å²) in [6.45, 7) is 6.13. The molecule has 1 atom stereocenters. The Hall–Kier alpha value is -2.58. The van der Waals surface area contributed by atoms with Crippen LogP contribution in [-0.4, -0.2) is 27.3 Å². The molecule has 1 aliphatic rings. The highest BCUT2D eigenvalue weighted by Crippen LogP contribution is 2.34. The number of rotatable bonds is 4. The Morgan fingerprint density at radius 3 is 2.44 bits per heavy atom. The number of aromatic nitrogens is 2. The van der Waals surface area contributed by atoms with E-state index < -0.39 is 6.36 Å². The molecule has 0 N–H and O–H groups in total. The number of alkyl halides is 3. The maximum atomic E-state index is 12.3. The molecule has 2 aromatic rings. The standard InChI is InChI=1S/C18H20F3N3O3/c1-17(2,3)16-22-15(27-23-16)13-8-9-14(25)24(13)10-11-4-6-12(7-5-11)26-18(19,20)21/h4-7,13H,8-10H2,1-3H3. The van der Waals surface area contributed by atoms with Gasteiger partial charge >= 0.3 is 6.36 Å². The lowest BCUT2D eigenvalue weighted by molar-refractivity contribution is -0.274. The number of ether oxygens (including phenoxy) is 1. The Morgan fingerprint density at radius 2 is 1.89 bits per heavy atom. The molecule has 0 spiro atoms. The third-order valence-electron chi connectivity index (χ3n) is 4.24. The number of likely N-dealkylation sites (tertiary alicyclic amines) is 1. The zero-order chi connectivity index (χ0) is 19.8. The summed E-state index contributed by atoms with van der Waals surface area (Å²) in [4.78, 5) is 18.3. The van der Waals surface area contributed by atoms with E-state index >= 15 is 0 Å². The fourth-order valence-corrected chi connectivity index (χ4v) is 2.86. The van der Waals surface area contributed by atoms with Crippen molar-refractivity contribution >= 4 is 5.91 Å². The van der Waals surface area contributed by atoms with E-state index in [1.54, 1.807) is 4.90 Å². The Bertz CT molecular complexity index is 810. The Balaban J connectivity index is 1.74. The van der Waals surface area contributed by atoms with Crippen LogP contribution < -0.4 is 4.74 Å². The molecule has 27 heavy (non-hydrogen) atoms. The maximum Gasteiger partial charge on any atom is 0.573 e. The molecule has 1 aromatic carbocycles. The Kier molecular flexibility index (Phi) is 4.88. The first-order valence-electron chi connectivity index (χ1n) is 8.51. The summed E-state index contributed by atoms with van der Waals surface area (Å²) in [7, 11) is 0. The first kappa shape index (κ1) is 19.2. The van der Waals surface area contributed by atoms with E-state index in [1.807, 2.05) is 20.8 Å². The lowest BCUT2D eigenvalue weighted by atomic mass is 9.96. The number of carbonyl (C=O) groups excluding carboxylic acids is 1. The second-order valence-corrected chi connectivity index (χ2v) is 7.47. The molecule has 0 saturated carbocycles. The van der Waals surface area contributed by atoms with Crippen LogP contribution in [0.4, 0.5) is 13.2 Å². The Labute approximate surface area is 154 Å². The molecule has 1 aliphatic heterocycles. The van der Waals surface area contributed by atoms with Crippen LogP contribution in [0, 0.1) is 0 Å². The highest BCUT2D eigenvalue weighted by atomic mass is 19.4. The minimum atomic E-state index is -4.74. The van der Waals surface area contributed by atoms with Gasteiger partial charge in [0.25, 0.3) is 0 Å². The molecule has 1 fully saturated rings. The monoisotopic (exact) mass is 383 g/mol. The molecule has 0 radical (unpaired) electrons. The number of benzene rings is 1. The zero-order valence-electron chi connectivity index (χ0n) is 15.2. The van der Waals surface area contributed by atoms with Crippen LogP contribution >= 0.6 is 0 Å². The maximum absolute atomic E-state index is 12.3. The van der Waals surface area contributed by atoms with E-state index in [0.29, 0.717) is 30.1 Å². The lowest BCUT2D eigenvalue weighted by Crippen LogP contribution is -2.27. The average molecular weight is 383 g/mol. The third-order valence-corrected chi connectivity index (χ3v) is 4.24. The van der Waals surface area contributed by atoms with Gasteiger partial charge in [-0.05, 0) is 24.1 Å². The fourth-order valence-electron chi connectivity index (χ4n) is 2.86. The van der Waals surface area contributed by atoms with Crippen LogP contribution in [-0.2, 0) is 16.8 Å². The number of nitrogens with zero attached hydrogens (tertiary/aromatic N) is 3. The van der Waals surface area contributed by atoms with Crippen molar-refractivity contribution in [1.82, 2.24) is 15.0 Å². The van der Waals surface area contributed by atoms with Gasteiger partial charge in [0.2, 0.25) is 11.8 Å². The quantitative estimate of drug-likeness (QED) is 0.794. The summed E-state index contributed by atoms with van der Waals surface area (Å²) in [6, 6.07) is 5.11. The highest BCUT2D eigenvalue weighted by molar-refractivity contribution is 5.78. The zero-order valence-corrected chi connectivity index (χ0v) is 15.2. The molecule has 2 heterocycles. The predicted octanol–water partition coefficient (Wildman–Crippen LogP) is 4.13. The number of carbonyl (C=O) groups is 1. The van der Waals surface area contributed by atoms with Crippen molar-refractivity contribution in [3.63, 3.8) is 0 Å². The van der Waals surface area contributed by atoms with E-state index in [1.165, 1.54) is 24.3 Å².